The lowest BCUT2D eigenvalue weighted by Crippen LogP contribution is -2.59. The van der Waals surface area contributed by atoms with E-state index >= 15 is 0 Å². The molecule has 138 valence electrons. The number of para-hydroxylation sites is 2. The molecule has 3 heterocycles. The normalized spacial score (nSPS) is 25.4. The van der Waals surface area contributed by atoms with Gasteiger partial charge in [0, 0.05) is 32.6 Å². The number of carbonyl (C=O) groups is 1. The number of aromatic nitrogens is 2. The number of nitrogens with zero attached hydrogens (tertiary/aromatic N) is 4. The van der Waals surface area contributed by atoms with Crippen LogP contribution in [0, 0.1) is 6.92 Å². The molecule has 0 bridgehead atoms. The van der Waals surface area contributed by atoms with Crippen molar-refractivity contribution >= 4 is 26.8 Å². The molecule has 4 rings (SSSR count). The number of sulfone groups is 1. The Balaban J connectivity index is 1.64. The van der Waals surface area contributed by atoms with E-state index < -0.39 is 9.84 Å². The molecule has 2 aromatic rings. The van der Waals surface area contributed by atoms with Gasteiger partial charge >= 0.3 is 0 Å². The largest absolute Gasteiger partial charge is 0.336 e. The van der Waals surface area contributed by atoms with Crippen molar-refractivity contribution in [2.45, 2.75) is 32.5 Å². The molecule has 0 saturated carbocycles. The van der Waals surface area contributed by atoms with Gasteiger partial charge in [-0.1, -0.05) is 12.1 Å². The van der Waals surface area contributed by atoms with E-state index in [1.807, 2.05) is 31.2 Å². The van der Waals surface area contributed by atoms with Crippen LogP contribution in [0.15, 0.2) is 24.3 Å². The minimum Gasteiger partial charge on any atom is -0.336 e. The van der Waals surface area contributed by atoms with E-state index in [2.05, 4.69) is 9.88 Å². The lowest BCUT2D eigenvalue weighted by molar-refractivity contribution is -0.134. The summed E-state index contributed by atoms with van der Waals surface area (Å²) in [6, 6.07) is 7.30. The maximum Gasteiger partial charge on any atom is 0.219 e. The number of rotatable bonds is 2. The quantitative estimate of drug-likeness (QED) is 0.772. The highest BCUT2D eigenvalue weighted by Crippen LogP contribution is 2.28. The van der Waals surface area contributed by atoms with Gasteiger partial charge in [-0.05, 0) is 19.1 Å². The van der Waals surface area contributed by atoms with Crippen molar-refractivity contribution in [3.63, 3.8) is 0 Å². The summed E-state index contributed by atoms with van der Waals surface area (Å²) in [6.45, 7) is 5.18. The van der Waals surface area contributed by atoms with Crippen LogP contribution >= 0.6 is 0 Å². The number of fused-ring (bicyclic) bond motifs is 2. The highest BCUT2D eigenvalue weighted by molar-refractivity contribution is 7.91. The summed E-state index contributed by atoms with van der Waals surface area (Å²) in [4.78, 5) is 25.1. The average Bonchev–Trinajstić information content (AvgIpc) is 2.90. The number of carbonyl (C=O) groups excluding carboxylic acids is 1. The molecule has 7 nitrogen and oxygen atoms in total. The number of hydrogen-bond acceptors (Lipinski definition) is 6. The summed E-state index contributed by atoms with van der Waals surface area (Å²) in [5.41, 5.74) is 3.42. The van der Waals surface area contributed by atoms with Gasteiger partial charge in [0.15, 0.2) is 9.84 Å². The van der Waals surface area contributed by atoms with Crippen LogP contribution in [0.3, 0.4) is 0 Å². The zero-order valence-corrected chi connectivity index (χ0v) is 15.7. The Morgan fingerprint density at radius 2 is 1.77 bits per heavy atom. The van der Waals surface area contributed by atoms with Gasteiger partial charge in [-0.2, -0.15) is 0 Å². The molecule has 0 N–H and O–H groups in total. The van der Waals surface area contributed by atoms with Gasteiger partial charge in [0.05, 0.1) is 40.0 Å². The average molecular weight is 374 g/mol. The molecular weight excluding hydrogens is 352 g/mol. The molecule has 2 saturated heterocycles. The highest BCUT2D eigenvalue weighted by Gasteiger charge is 2.47. The summed E-state index contributed by atoms with van der Waals surface area (Å²) in [5.74, 6) is 0.0934. The molecule has 0 spiro atoms. The van der Waals surface area contributed by atoms with Crippen LogP contribution in [0.2, 0.25) is 0 Å². The van der Waals surface area contributed by atoms with Gasteiger partial charge in [-0.3, -0.25) is 9.69 Å². The fourth-order valence-corrected chi connectivity index (χ4v) is 6.09. The first-order valence-corrected chi connectivity index (χ1v) is 10.6. The molecular formula is C18H22N4O3S. The Hall–Kier alpha value is -2.06. The highest BCUT2D eigenvalue weighted by atomic mass is 32.2. The van der Waals surface area contributed by atoms with Crippen molar-refractivity contribution in [2.24, 2.45) is 0 Å². The van der Waals surface area contributed by atoms with Crippen LogP contribution in [-0.2, 0) is 21.2 Å². The van der Waals surface area contributed by atoms with Crippen molar-refractivity contribution < 1.29 is 13.2 Å². The van der Waals surface area contributed by atoms with Gasteiger partial charge < -0.3 is 4.90 Å². The molecule has 2 aliphatic heterocycles. The zero-order chi connectivity index (χ0) is 18.5. The van der Waals surface area contributed by atoms with Crippen molar-refractivity contribution in [3.8, 4) is 0 Å². The molecule has 1 aromatic carbocycles. The van der Waals surface area contributed by atoms with E-state index in [0.29, 0.717) is 19.6 Å². The molecule has 0 unspecified atom stereocenters. The third-order valence-corrected chi connectivity index (χ3v) is 7.09. The maximum absolute atomic E-state index is 12.2. The van der Waals surface area contributed by atoms with E-state index in [4.69, 9.17) is 4.98 Å². The third kappa shape index (κ3) is 3.07. The summed E-state index contributed by atoms with van der Waals surface area (Å²) in [5, 5.41) is 0. The predicted molar refractivity (Wildman–Crippen MR) is 98.3 cm³/mol. The van der Waals surface area contributed by atoms with Crippen LogP contribution in [0.25, 0.3) is 11.0 Å². The lowest BCUT2D eigenvalue weighted by Gasteiger charge is -2.43. The third-order valence-electron chi connectivity index (χ3n) is 5.39. The Morgan fingerprint density at radius 3 is 2.46 bits per heavy atom. The van der Waals surface area contributed by atoms with Gasteiger partial charge in [-0.15, -0.1) is 0 Å². The molecule has 26 heavy (non-hydrogen) atoms. The number of piperazine rings is 1. The molecule has 1 aromatic heterocycles. The van der Waals surface area contributed by atoms with Crippen LogP contribution in [0.1, 0.15) is 18.3 Å². The van der Waals surface area contributed by atoms with Crippen LogP contribution < -0.4 is 0 Å². The minimum atomic E-state index is -3.14. The van der Waals surface area contributed by atoms with E-state index in [1.54, 1.807) is 4.90 Å². The molecule has 0 radical (unpaired) electrons. The second-order valence-electron chi connectivity index (χ2n) is 7.14. The molecule has 1 amide bonds. The topological polar surface area (TPSA) is 83.5 Å². The summed E-state index contributed by atoms with van der Waals surface area (Å²) in [6.07, 6.45) is 0. The molecule has 2 atom stereocenters. The van der Waals surface area contributed by atoms with Crippen molar-refractivity contribution in [1.29, 1.82) is 0 Å². The standard InChI is InChI=1S/C18H22N4O3S/c1-12-16(20-15-6-4-3-5-14(15)19-12)9-21-7-8-22(13(2)23)18-11-26(24,25)10-17(18)21/h3-6,17-18H,7-11H2,1-2H3/t17-,18+/m1/s1. The second kappa shape index (κ2) is 6.28. The van der Waals surface area contributed by atoms with Crippen molar-refractivity contribution in [1.82, 2.24) is 19.8 Å². The smallest absolute Gasteiger partial charge is 0.219 e. The minimum absolute atomic E-state index is 0.0517. The SMILES string of the molecule is CC(=O)N1CCN(Cc2nc3ccccc3nc2C)[C@@H]2CS(=O)(=O)C[C@@H]21. The van der Waals surface area contributed by atoms with E-state index in [1.165, 1.54) is 6.92 Å². The van der Waals surface area contributed by atoms with Gasteiger partial charge in [0.25, 0.3) is 0 Å². The van der Waals surface area contributed by atoms with Crippen LogP contribution in [0.4, 0.5) is 0 Å². The molecule has 2 fully saturated rings. The number of hydrogen-bond donors (Lipinski definition) is 0. The predicted octanol–water partition coefficient (Wildman–Crippen LogP) is 0.768. The number of aryl methyl sites for hydroxylation is 1. The van der Waals surface area contributed by atoms with Crippen LogP contribution in [0.5, 0.6) is 0 Å². The second-order valence-corrected chi connectivity index (χ2v) is 9.29. The first-order chi connectivity index (χ1) is 12.3. The maximum atomic E-state index is 12.2. The Bertz CT molecular complexity index is 976. The lowest BCUT2D eigenvalue weighted by atomic mass is 10.0. The Labute approximate surface area is 152 Å². The fourth-order valence-electron chi connectivity index (χ4n) is 4.08. The number of amides is 1. The molecule has 2 aliphatic rings. The van der Waals surface area contributed by atoms with Gasteiger partial charge in [-0.25, -0.2) is 18.4 Å². The Kier molecular flexibility index (Phi) is 4.19. The van der Waals surface area contributed by atoms with E-state index in [-0.39, 0.29) is 29.5 Å². The first kappa shape index (κ1) is 17.4. The Morgan fingerprint density at radius 1 is 1.12 bits per heavy atom. The summed E-state index contributed by atoms with van der Waals surface area (Å²) in [7, 11) is -3.14. The zero-order valence-electron chi connectivity index (χ0n) is 14.9. The number of benzene rings is 1. The van der Waals surface area contributed by atoms with Crippen molar-refractivity contribution in [3.05, 3.63) is 35.7 Å². The van der Waals surface area contributed by atoms with E-state index in [0.717, 1.165) is 22.4 Å². The summed E-state index contributed by atoms with van der Waals surface area (Å²) < 4.78 is 24.4. The van der Waals surface area contributed by atoms with Gasteiger partial charge in [0.1, 0.15) is 0 Å². The molecule has 0 aliphatic carbocycles. The summed E-state index contributed by atoms with van der Waals surface area (Å²) >= 11 is 0. The first-order valence-electron chi connectivity index (χ1n) is 8.78. The fraction of sp³-hybridized carbons (Fsp3) is 0.500. The van der Waals surface area contributed by atoms with Gasteiger partial charge in [0.2, 0.25) is 5.91 Å². The monoisotopic (exact) mass is 374 g/mol. The van der Waals surface area contributed by atoms with Crippen molar-refractivity contribution in [2.75, 3.05) is 24.6 Å². The molecule has 8 heteroatoms. The van der Waals surface area contributed by atoms with E-state index in [9.17, 15) is 13.2 Å². The van der Waals surface area contributed by atoms with Crippen LogP contribution in [-0.4, -0.2) is 70.8 Å².